The van der Waals surface area contributed by atoms with Crippen molar-refractivity contribution in [2.75, 3.05) is 40.0 Å². The van der Waals surface area contributed by atoms with Crippen molar-refractivity contribution >= 4 is 27.5 Å². The van der Waals surface area contributed by atoms with E-state index in [0.717, 1.165) is 4.90 Å². The molecule has 0 aliphatic carbocycles. The number of hydrogen-bond acceptors (Lipinski definition) is 8. The lowest BCUT2D eigenvalue weighted by Crippen LogP contribution is -2.52. The topological polar surface area (TPSA) is 130 Å². The molecule has 0 aromatic heterocycles. The van der Waals surface area contributed by atoms with Crippen LogP contribution in [0.5, 0.6) is 5.75 Å². The van der Waals surface area contributed by atoms with Crippen molar-refractivity contribution < 1.29 is 27.7 Å². The second-order valence-corrected chi connectivity index (χ2v) is 9.27. The average molecular weight is 460 g/mol. The summed E-state index contributed by atoms with van der Waals surface area (Å²) in [6.07, 6.45) is 0. The van der Waals surface area contributed by atoms with Crippen molar-refractivity contribution in [2.45, 2.75) is 4.90 Å². The van der Waals surface area contributed by atoms with Crippen LogP contribution in [-0.4, -0.2) is 79.2 Å². The van der Waals surface area contributed by atoms with Crippen LogP contribution in [0.4, 0.5) is 5.69 Å². The van der Waals surface area contributed by atoms with Gasteiger partial charge in [0.15, 0.2) is 0 Å². The van der Waals surface area contributed by atoms with E-state index in [4.69, 9.17) is 4.74 Å². The molecule has 2 aromatic carbocycles. The van der Waals surface area contributed by atoms with Crippen LogP contribution >= 0.6 is 0 Å². The fraction of sp³-hybridized carbons (Fsp3) is 0.300. The van der Waals surface area contributed by atoms with Crippen molar-refractivity contribution in [1.29, 1.82) is 0 Å². The van der Waals surface area contributed by atoms with E-state index in [9.17, 15) is 28.1 Å². The SMILES string of the molecule is COc1ccc(S(=O)(=O)N2CCN(CN3C(=O)c4cccc([N+](=O)[O-])c4C3=O)CC2)cc1. The Labute approximate surface area is 184 Å². The summed E-state index contributed by atoms with van der Waals surface area (Å²) >= 11 is 0. The smallest absolute Gasteiger partial charge is 0.282 e. The van der Waals surface area contributed by atoms with Crippen molar-refractivity contribution in [3.63, 3.8) is 0 Å². The second kappa shape index (κ2) is 8.30. The van der Waals surface area contributed by atoms with Crippen molar-refractivity contribution in [3.8, 4) is 5.75 Å². The van der Waals surface area contributed by atoms with Gasteiger partial charge in [0, 0.05) is 32.2 Å². The number of benzene rings is 2. The van der Waals surface area contributed by atoms with E-state index in [1.54, 1.807) is 17.0 Å². The van der Waals surface area contributed by atoms with Gasteiger partial charge in [0.25, 0.3) is 17.5 Å². The molecule has 0 radical (unpaired) electrons. The highest BCUT2D eigenvalue weighted by atomic mass is 32.2. The minimum absolute atomic E-state index is 0.00456. The van der Waals surface area contributed by atoms with Crippen molar-refractivity contribution in [2.24, 2.45) is 0 Å². The highest BCUT2D eigenvalue weighted by Crippen LogP contribution is 2.31. The summed E-state index contributed by atoms with van der Waals surface area (Å²) in [7, 11) is -2.19. The molecule has 1 fully saturated rings. The Morgan fingerprint density at radius 2 is 1.66 bits per heavy atom. The maximum atomic E-state index is 12.9. The average Bonchev–Trinajstić information content (AvgIpc) is 3.04. The van der Waals surface area contributed by atoms with E-state index < -0.39 is 32.4 Å². The first-order chi connectivity index (χ1) is 15.2. The maximum Gasteiger partial charge on any atom is 0.282 e. The zero-order valence-electron chi connectivity index (χ0n) is 17.1. The van der Waals surface area contributed by atoms with E-state index in [1.807, 2.05) is 0 Å². The van der Waals surface area contributed by atoms with Gasteiger partial charge in [-0.05, 0) is 30.3 Å². The van der Waals surface area contributed by atoms with Crippen molar-refractivity contribution in [3.05, 3.63) is 63.7 Å². The Kier molecular flexibility index (Phi) is 5.67. The monoisotopic (exact) mass is 460 g/mol. The number of piperazine rings is 1. The van der Waals surface area contributed by atoms with Gasteiger partial charge in [-0.3, -0.25) is 29.5 Å². The van der Waals surface area contributed by atoms with Crippen LogP contribution in [0.2, 0.25) is 0 Å². The molecule has 168 valence electrons. The normalized spacial score (nSPS) is 17.5. The zero-order chi connectivity index (χ0) is 23.0. The number of amides is 2. The second-order valence-electron chi connectivity index (χ2n) is 7.33. The van der Waals surface area contributed by atoms with Gasteiger partial charge >= 0.3 is 0 Å². The number of methoxy groups -OCH3 is 1. The molecule has 12 heteroatoms. The molecule has 0 bridgehead atoms. The fourth-order valence-corrected chi connectivity index (χ4v) is 5.23. The zero-order valence-corrected chi connectivity index (χ0v) is 17.9. The Morgan fingerprint density at radius 3 is 2.25 bits per heavy atom. The fourth-order valence-electron chi connectivity index (χ4n) is 3.80. The van der Waals surface area contributed by atoms with E-state index in [2.05, 4.69) is 0 Å². The van der Waals surface area contributed by atoms with Gasteiger partial charge in [0.05, 0.1) is 29.2 Å². The summed E-state index contributed by atoms with van der Waals surface area (Å²) < 4.78 is 32.2. The highest BCUT2D eigenvalue weighted by Gasteiger charge is 2.42. The third-order valence-electron chi connectivity index (χ3n) is 5.54. The highest BCUT2D eigenvalue weighted by molar-refractivity contribution is 7.89. The van der Waals surface area contributed by atoms with E-state index in [-0.39, 0.29) is 35.8 Å². The quantitative estimate of drug-likeness (QED) is 0.357. The van der Waals surface area contributed by atoms with Crippen LogP contribution in [-0.2, 0) is 10.0 Å². The van der Waals surface area contributed by atoms with Gasteiger partial charge < -0.3 is 4.74 Å². The Bertz CT molecular complexity index is 1190. The number of nitrogens with zero attached hydrogens (tertiary/aromatic N) is 4. The van der Waals surface area contributed by atoms with Crippen LogP contribution in [0.3, 0.4) is 0 Å². The van der Waals surface area contributed by atoms with Crippen LogP contribution in [0.15, 0.2) is 47.4 Å². The first kappa shape index (κ1) is 21.9. The lowest BCUT2D eigenvalue weighted by Gasteiger charge is -2.35. The molecule has 1 saturated heterocycles. The number of hydrogen-bond donors (Lipinski definition) is 0. The molecule has 4 rings (SSSR count). The number of rotatable bonds is 6. The number of ether oxygens (including phenoxy) is 1. The predicted octanol–water partition coefficient (Wildman–Crippen LogP) is 1.16. The number of carbonyl (C=O) groups is 2. The third-order valence-corrected chi connectivity index (χ3v) is 7.46. The summed E-state index contributed by atoms with van der Waals surface area (Å²) in [4.78, 5) is 38.8. The molecule has 11 nitrogen and oxygen atoms in total. The molecule has 2 aliphatic rings. The Morgan fingerprint density at radius 1 is 1.00 bits per heavy atom. The van der Waals surface area contributed by atoms with Gasteiger partial charge in [-0.1, -0.05) is 6.07 Å². The van der Waals surface area contributed by atoms with Crippen LogP contribution in [0, 0.1) is 10.1 Å². The number of fused-ring (bicyclic) bond motifs is 1. The minimum atomic E-state index is -3.69. The largest absolute Gasteiger partial charge is 0.497 e. The standard InChI is InChI=1S/C20H20N4O7S/c1-31-14-5-7-15(8-6-14)32(29,30)22-11-9-21(10-12-22)13-23-19(25)16-3-2-4-17(24(27)28)18(16)20(23)26/h2-8H,9-13H2,1H3. The molecule has 2 heterocycles. The van der Waals surface area contributed by atoms with Gasteiger partial charge in [-0.25, -0.2) is 8.42 Å². The summed E-state index contributed by atoms with van der Waals surface area (Å²) in [5, 5.41) is 11.2. The minimum Gasteiger partial charge on any atom is -0.497 e. The molecule has 2 amide bonds. The van der Waals surface area contributed by atoms with Crippen LogP contribution in [0.25, 0.3) is 0 Å². The van der Waals surface area contributed by atoms with E-state index in [1.165, 1.54) is 41.7 Å². The lowest BCUT2D eigenvalue weighted by molar-refractivity contribution is -0.385. The molecule has 0 saturated carbocycles. The number of imide groups is 1. The lowest BCUT2D eigenvalue weighted by atomic mass is 10.1. The first-order valence-corrected chi connectivity index (χ1v) is 11.2. The number of nitro groups is 1. The number of carbonyl (C=O) groups excluding carboxylic acids is 2. The molecular weight excluding hydrogens is 440 g/mol. The first-order valence-electron chi connectivity index (χ1n) is 9.74. The van der Waals surface area contributed by atoms with Gasteiger partial charge in [0.2, 0.25) is 10.0 Å². The predicted molar refractivity (Wildman–Crippen MR) is 112 cm³/mol. The third kappa shape index (κ3) is 3.72. The summed E-state index contributed by atoms with van der Waals surface area (Å²) in [5.41, 5.74) is -0.605. The molecule has 0 unspecified atom stereocenters. The molecular formula is C20H20N4O7S. The summed E-state index contributed by atoms with van der Waals surface area (Å²) in [6.45, 7) is 0.880. The summed E-state index contributed by atoms with van der Waals surface area (Å²) in [6, 6.07) is 10.1. The molecule has 2 aliphatic heterocycles. The molecule has 0 spiro atoms. The summed E-state index contributed by atoms with van der Waals surface area (Å²) in [5.74, 6) is -0.762. The Hall–Kier alpha value is -3.35. The molecule has 0 atom stereocenters. The molecule has 0 N–H and O–H groups in total. The number of sulfonamides is 1. The van der Waals surface area contributed by atoms with E-state index in [0.29, 0.717) is 18.8 Å². The van der Waals surface area contributed by atoms with Gasteiger partial charge in [0.1, 0.15) is 11.3 Å². The van der Waals surface area contributed by atoms with Gasteiger partial charge in [-0.15, -0.1) is 0 Å². The Balaban J connectivity index is 1.43. The maximum absolute atomic E-state index is 12.9. The van der Waals surface area contributed by atoms with Crippen LogP contribution < -0.4 is 4.74 Å². The molecule has 32 heavy (non-hydrogen) atoms. The van der Waals surface area contributed by atoms with Crippen molar-refractivity contribution in [1.82, 2.24) is 14.1 Å². The number of nitro benzene ring substituents is 1. The van der Waals surface area contributed by atoms with Crippen LogP contribution in [0.1, 0.15) is 20.7 Å². The molecule has 2 aromatic rings. The van der Waals surface area contributed by atoms with E-state index >= 15 is 0 Å². The van der Waals surface area contributed by atoms with Gasteiger partial charge in [-0.2, -0.15) is 4.31 Å².